The van der Waals surface area contributed by atoms with Crippen molar-refractivity contribution in [3.8, 4) is 11.5 Å². The Morgan fingerprint density at radius 3 is 2.47 bits per heavy atom. The molecule has 1 amide bonds. The second kappa shape index (κ2) is 6.18. The van der Waals surface area contributed by atoms with E-state index < -0.39 is 10.9 Å². The van der Waals surface area contributed by atoms with Gasteiger partial charge in [-0.15, -0.1) is 0 Å². The van der Waals surface area contributed by atoms with E-state index in [0.29, 0.717) is 5.69 Å². The summed E-state index contributed by atoms with van der Waals surface area (Å²) in [5.41, 5.74) is 0.342. The number of methoxy groups -OCH3 is 1. The molecule has 1 aromatic rings. The van der Waals surface area contributed by atoms with Gasteiger partial charge in [-0.05, 0) is 26.0 Å². The summed E-state index contributed by atoms with van der Waals surface area (Å²) >= 11 is 3.20. The summed E-state index contributed by atoms with van der Waals surface area (Å²) in [6.45, 7) is 0.373. The van der Waals surface area contributed by atoms with Gasteiger partial charge in [-0.25, -0.2) is 0 Å². The molecule has 19 heavy (non-hydrogen) atoms. The number of benzene rings is 1. The van der Waals surface area contributed by atoms with Crippen LogP contribution in [0.15, 0.2) is 18.2 Å². The highest BCUT2D eigenvalue weighted by Crippen LogP contribution is 2.32. The molecule has 0 aliphatic carbocycles. The first-order valence-electron chi connectivity index (χ1n) is 5.37. The van der Waals surface area contributed by atoms with E-state index in [1.165, 1.54) is 25.3 Å². The predicted molar refractivity (Wildman–Crippen MR) is 71.3 cm³/mol. The number of ether oxygens (including phenoxy) is 2. The van der Waals surface area contributed by atoms with Crippen LogP contribution >= 0.6 is 15.9 Å². The van der Waals surface area contributed by atoms with Gasteiger partial charge in [-0.1, -0.05) is 15.9 Å². The zero-order valence-corrected chi connectivity index (χ0v) is 12.3. The number of anilines is 1. The Bertz CT molecular complexity index is 461. The number of carbonyl (C=O) groups excluding carboxylic acids is 1. The molecule has 1 N–H and O–H groups in total. The summed E-state index contributed by atoms with van der Waals surface area (Å²) in [4.78, 5) is 11.7. The molecule has 0 aliphatic heterocycles. The zero-order chi connectivity index (χ0) is 14.6. The minimum atomic E-state index is -2.97. The third kappa shape index (κ3) is 4.66. The second-order valence-electron chi connectivity index (χ2n) is 4.17. The number of alkyl halides is 3. The minimum absolute atomic E-state index is 0.136. The van der Waals surface area contributed by atoms with Gasteiger partial charge in [-0.3, -0.25) is 4.79 Å². The van der Waals surface area contributed by atoms with Crippen molar-refractivity contribution < 1.29 is 23.0 Å². The zero-order valence-electron chi connectivity index (χ0n) is 10.7. The van der Waals surface area contributed by atoms with Crippen molar-refractivity contribution in [2.75, 3.05) is 12.4 Å². The topological polar surface area (TPSA) is 47.6 Å². The molecule has 0 unspecified atom stereocenters. The fourth-order valence-electron chi connectivity index (χ4n) is 1.22. The third-order valence-electron chi connectivity index (χ3n) is 2.18. The molecule has 106 valence electrons. The highest BCUT2D eigenvalue weighted by atomic mass is 79.9. The molecule has 0 heterocycles. The van der Waals surface area contributed by atoms with Crippen LogP contribution in [0, 0.1) is 0 Å². The molecule has 0 aromatic heterocycles. The number of carbonyl (C=O) groups is 1. The first kappa shape index (κ1) is 15.7. The van der Waals surface area contributed by atoms with E-state index in [1.54, 1.807) is 13.8 Å². The fourth-order valence-corrected chi connectivity index (χ4v) is 1.32. The predicted octanol–water partition coefficient (Wildman–Crippen LogP) is 3.41. The largest absolute Gasteiger partial charge is 0.493 e. The first-order valence-corrected chi connectivity index (χ1v) is 6.16. The normalized spacial score (nSPS) is 11.3. The van der Waals surface area contributed by atoms with Gasteiger partial charge in [0, 0.05) is 11.8 Å². The molecule has 0 atom stereocenters. The van der Waals surface area contributed by atoms with Gasteiger partial charge >= 0.3 is 6.61 Å². The number of amides is 1. The van der Waals surface area contributed by atoms with Gasteiger partial charge in [0.25, 0.3) is 0 Å². The quantitative estimate of drug-likeness (QED) is 0.837. The summed E-state index contributed by atoms with van der Waals surface area (Å²) in [5.74, 6) is -0.278. The number of rotatable bonds is 5. The molecule has 0 saturated heterocycles. The smallest absolute Gasteiger partial charge is 0.387 e. The van der Waals surface area contributed by atoms with Crippen LogP contribution < -0.4 is 14.8 Å². The van der Waals surface area contributed by atoms with E-state index in [4.69, 9.17) is 4.74 Å². The minimum Gasteiger partial charge on any atom is -0.493 e. The van der Waals surface area contributed by atoms with Crippen molar-refractivity contribution in [2.45, 2.75) is 24.8 Å². The van der Waals surface area contributed by atoms with Crippen molar-refractivity contribution in [1.82, 2.24) is 0 Å². The Morgan fingerprint density at radius 1 is 1.37 bits per heavy atom. The SMILES string of the molecule is COc1ccc(NC(=O)C(C)(C)Br)cc1OC(F)F. The maximum atomic E-state index is 12.2. The van der Waals surface area contributed by atoms with E-state index in [1.807, 2.05) is 0 Å². The lowest BCUT2D eigenvalue weighted by Crippen LogP contribution is -2.30. The molecule has 4 nitrogen and oxygen atoms in total. The Kier molecular flexibility index (Phi) is 5.11. The van der Waals surface area contributed by atoms with E-state index >= 15 is 0 Å². The Hall–Kier alpha value is -1.37. The van der Waals surface area contributed by atoms with Crippen molar-refractivity contribution in [1.29, 1.82) is 0 Å². The van der Waals surface area contributed by atoms with Gasteiger partial charge in [0.15, 0.2) is 11.5 Å². The lowest BCUT2D eigenvalue weighted by molar-refractivity contribution is -0.117. The van der Waals surface area contributed by atoms with Crippen molar-refractivity contribution >= 4 is 27.5 Å². The molecular weight excluding hydrogens is 324 g/mol. The lowest BCUT2D eigenvalue weighted by Gasteiger charge is -2.17. The molecule has 7 heteroatoms. The monoisotopic (exact) mass is 337 g/mol. The number of hydrogen-bond donors (Lipinski definition) is 1. The molecule has 0 bridgehead atoms. The Balaban J connectivity index is 2.95. The van der Waals surface area contributed by atoms with Crippen LogP contribution in [0.4, 0.5) is 14.5 Å². The van der Waals surface area contributed by atoms with Crippen LogP contribution in [0.5, 0.6) is 11.5 Å². The number of nitrogens with one attached hydrogen (secondary N) is 1. The van der Waals surface area contributed by atoms with E-state index in [2.05, 4.69) is 26.0 Å². The fraction of sp³-hybridized carbons (Fsp3) is 0.417. The summed E-state index contributed by atoms with van der Waals surface area (Å²) in [6.07, 6.45) is 0. The summed E-state index contributed by atoms with van der Waals surface area (Å²) in [6, 6.07) is 4.25. The van der Waals surface area contributed by atoms with Gasteiger partial charge in [0.2, 0.25) is 5.91 Å². The van der Waals surface area contributed by atoms with Gasteiger partial charge < -0.3 is 14.8 Å². The van der Waals surface area contributed by atoms with Crippen LogP contribution in [0.2, 0.25) is 0 Å². The third-order valence-corrected chi connectivity index (χ3v) is 2.54. The molecule has 0 radical (unpaired) electrons. The molecule has 1 rings (SSSR count). The summed E-state index contributed by atoms with van der Waals surface area (Å²) < 4.78 is 32.9. The van der Waals surface area contributed by atoms with E-state index in [9.17, 15) is 13.6 Å². The highest BCUT2D eigenvalue weighted by Gasteiger charge is 2.24. The van der Waals surface area contributed by atoms with Crippen LogP contribution in [0.25, 0.3) is 0 Å². The lowest BCUT2D eigenvalue weighted by atomic mass is 10.2. The van der Waals surface area contributed by atoms with E-state index in [0.717, 1.165) is 0 Å². The first-order chi connectivity index (χ1) is 8.74. The maximum Gasteiger partial charge on any atom is 0.387 e. The molecule has 0 spiro atoms. The van der Waals surface area contributed by atoms with Crippen molar-refractivity contribution in [3.05, 3.63) is 18.2 Å². The van der Waals surface area contributed by atoms with Crippen LogP contribution in [0.1, 0.15) is 13.8 Å². The highest BCUT2D eigenvalue weighted by molar-refractivity contribution is 9.10. The molecule has 1 aromatic carbocycles. The van der Waals surface area contributed by atoms with Gasteiger partial charge in [0.1, 0.15) is 0 Å². The van der Waals surface area contributed by atoms with Crippen LogP contribution in [-0.4, -0.2) is 24.0 Å². The Morgan fingerprint density at radius 2 is 2.00 bits per heavy atom. The number of halogens is 3. The average Bonchev–Trinajstić information content (AvgIpc) is 2.27. The van der Waals surface area contributed by atoms with Crippen LogP contribution in [-0.2, 0) is 4.79 Å². The molecular formula is C12H14BrF2NO3. The van der Waals surface area contributed by atoms with Crippen LogP contribution in [0.3, 0.4) is 0 Å². The standard InChI is InChI=1S/C12H14BrF2NO3/c1-12(2,13)10(17)16-7-4-5-8(18-3)9(6-7)19-11(14)15/h4-6,11H,1-3H3,(H,16,17). The average molecular weight is 338 g/mol. The second-order valence-corrected chi connectivity index (χ2v) is 6.15. The molecule has 0 aliphatic rings. The summed E-state index contributed by atoms with van der Waals surface area (Å²) in [7, 11) is 1.34. The van der Waals surface area contributed by atoms with Gasteiger partial charge in [0.05, 0.1) is 11.4 Å². The number of hydrogen-bond acceptors (Lipinski definition) is 3. The van der Waals surface area contributed by atoms with Crippen molar-refractivity contribution in [3.63, 3.8) is 0 Å². The molecule has 0 fully saturated rings. The Labute approximate surface area is 118 Å². The molecule has 0 saturated carbocycles. The summed E-state index contributed by atoms with van der Waals surface area (Å²) in [5, 5.41) is 2.58. The van der Waals surface area contributed by atoms with Crippen molar-refractivity contribution in [2.24, 2.45) is 0 Å². The van der Waals surface area contributed by atoms with E-state index in [-0.39, 0.29) is 17.4 Å². The van der Waals surface area contributed by atoms with Gasteiger partial charge in [-0.2, -0.15) is 8.78 Å². The maximum absolute atomic E-state index is 12.2.